The van der Waals surface area contributed by atoms with Crippen LogP contribution >= 0.6 is 0 Å². The first-order chi connectivity index (χ1) is 8.19. The number of nitrogens with one attached hydrogen (secondary N) is 1. The second-order valence-electron chi connectivity index (χ2n) is 3.69. The summed E-state index contributed by atoms with van der Waals surface area (Å²) in [6.07, 6.45) is 0.462. The summed E-state index contributed by atoms with van der Waals surface area (Å²) in [7, 11) is 1.56. The number of ether oxygens (including phenoxy) is 1. The Kier molecular flexibility index (Phi) is 5.62. The maximum atomic E-state index is 11.7. The highest BCUT2D eigenvalue weighted by molar-refractivity contribution is 5.95. The molecule has 0 aliphatic heterocycles. The van der Waals surface area contributed by atoms with Crippen molar-refractivity contribution in [2.24, 2.45) is 5.73 Å². The minimum absolute atomic E-state index is 0.121. The molecule has 1 unspecified atom stereocenters. The molecule has 1 aromatic rings. The number of para-hydroxylation sites is 1. The van der Waals surface area contributed by atoms with Crippen LogP contribution in [0.4, 0.5) is 5.69 Å². The van der Waals surface area contributed by atoms with Crippen LogP contribution in [-0.4, -0.2) is 30.8 Å². The summed E-state index contributed by atoms with van der Waals surface area (Å²) in [4.78, 5) is 11.7. The molecule has 0 fully saturated rings. The van der Waals surface area contributed by atoms with Gasteiger partial charge in [0.1, 0.15) is 0 Å². The monoisotopic (exact) mass is 238 g/mol. The van der Waals surface area contributed by atoms with Gasteiger partial charge in [0.2, 0.25) is 5.91 Å². The first-order valence-corrected chi connectivity index (χ1v) is 5.43. The van der Waals surface area contributed by atoms with Crippen molar-refractivity contribution >= 4 is 11.6 Å². The van der Waals surface area contributed by atoms with E-state index in [0.29, 0.717) is 24.3 Å². The van der Waals surface area contributed by atoms with E-state index in [1.807, 2.05) is 0 Å². The Morgan fingerprint density at radius 2 is 2.24 bits per heavy atom. The molecule has 0 aliphatic carbocycles. The Hall–Kier alpha value is -1.43. The first kappa shape index (κ1) is 13.6. The molecule has 4 N–H and O–H groups in total. The first-order valence-electron chi connectivity index (χ1n) is 5.43. The summed E-state index contributed by atoms with van der Waals surface area (Å²) < 4.78 is 4.86. The number of aliphatic hydroxyl groups is 1. The molecule has 1 amide bonds. The van der Waals surface area contributed by atoms with E-state index in [1.54, 1.807) is 31.4 Å². The van der Waals surface area contributed by atoms with Crippen LogP contribution in [0.3, 0.4) is 0 Å². The quantitative estimate of drug-likeness (QED) is 0.673. The molecule has 5 nitrogen and oxygen atoms in total. The lowest BCUT2D eigenvalue weighted by molar-refractivity contribution is -0.117. The summed E-state index contributed by atoms with van der Waals surface area (Å²) in [5.41, 5.74) is 6.95. The van der Waals surface area contributed by atoms with Crippen molar-refractivity contribution in [2.75, 3.05) is 19.0 Å². The number of rotatable bonds is 6. The van der Waals surface area contributed by atoms with Crippen molar-refractivity contribution in [2.45, 2.75) is 19.1 Å². The minimum Gasteiger partial charge on any atom is -0.392 e. The molecule has 1 rings (SSSR count). The number of benzene rings is 1. The zero-order chi connectivity index (χ0) is 12.7. The molecular formula is C12H18N2O3. The minimum atomic E-state index is -0.610. The summed E-state index contributed by atoms with van der Waals surface area (Å²) in [5.74, 6) is -0.275. The smallest absolute Gasteiger partial charge is 0.241 e. The molecule has 0 spiro atoms. The number of carbonyl (C=O) groups is 1. The van der Waals surface area contributed by atoms with Crippen LogP contribution in [0.1, 0.15) is 12.0 Å². The van der Waals surface area contributed by atoms with Crippen molar-refractivity contribution in [1.29, 1.82) is 0 Å². The fourth-order valence-electron chi connectivity index (χ4n) is 1.38. The summed E-state index contributed by atoms with van der Waals surface area (Å²) in [6.45, 7) is 0.319. The molecule has 1 aromatic carbocycles. The number of carbonyl (C=O) groups excluding carboxylic acids is 1. The lowest BCUT2D eigenvalue weighted by atomic mass is 10.1. The molecule has 0 saturated heterocycles. The average Bonchev–Trinajstić information content (AvgIpc) is 2.36. The molecule has 0 radical (unpaired) electrons. The summed E-state index contributed by atoms with van der Waals surface area (Å²) >= 11 is 0. The van der Waals surface area contributed by atoms with E-state index >= 15 is 0 Å². The molecule has 0 heterocycles. The van der Waals surface area contributed by atoms with Gasteiger partial charge in [-0.1, -0.05) is 18.2 Å². The average molecular weight is 238 g/mol. The Balaban J connectivity index is 2.61. The zero-order valence-corrected chi connectivity index (χ0v) is 9.85. The van der Waals surface area contributed by atoms with Crippen LogP contribution in [0.25, 0.3) is 0 Å². The summed E-state index contributed by atoms with van der Waals surface area (Å²) in [5, 5.41) is 11.8. The van der Waals surface area contributed by atoms with Crippen molar-refractivity contribution in [3.05, 3.63) is 29.8 Å². The van der Waals surface area contributed by atoms with Crippen LogP contribution < -0.4 is 11.1 Å². The van der Waals surface area contributed by atoms with E-state index in [4.69, 9.17) is 15.6 Å². The van der Waals surface area contributed by atoms with Gasteiger partial charge < -0.3 is 20.9 Å². The van der Waals surface area contributed by atoms with Crippen molar-refractivity contribution < 1.29 is 14.6 Å². The van der Waals surface area contributed by atoms with Crippen LogP contribution in [0.15, 0.2) is 24.3 Å². The Labute approximate surface area is 101 Å². The Bertz CT molecular complexity index is 369. The second kappa shape index (κ2) is 7.01. The highest BCUT2D eigenvalue weighted by atomic mass is 16.5. The third kappa shape index (κ3) is 4.14. The lowest BCUT2D eigenvalue weighted by Gasteiger charge is -2.13. The fraction of sp³-hybridized carbons (Fsp3) is 0.417. The molecule has 0 aliphatic rings. The maximum Gasteiger partial charge on any atom is 0.241 e. The number of nitrogens with two attached hydrogens (primary N) is 1. The van der Waals surface area contributed by atoms with Gasteiger partial charge in [0.25, 0.3) is 0 Å². The van der Waals surface area contributed by atoms with Gasteiger partial charge >= 0.3 is 0 Å². The lowest BCUT2D eigenvalue weighted by Crippen LogP contribution is -2.36. The normalized spacial score (nSPS) is 12.2. The van der Waals surface area contributed by atoms with Crippen molar-refractivity contribution in [1.82, 2.24) is 0 Å². The van der Waals surface area contributed by atoms with Crippen LogP contribution in [0, 0.1) is 0 Å². The van der Waals surface area contributed by atoms with Gasteiger partial charge in [0.15, 0.2) is 0 Å². The number of hydrogen-bond donors (Lipinski definition) is 3. The highest BCUT2D eigenvalue weighted by Crippen LogP contribution is 2.14. The Morgan fingerprint density at radius 1 is 1.53 bits per heavy atom. The highest BCUT2D eigenvalue weighted by Gasteiger charge is 2.14. The molecular weight excluding hydrogens is 220 g/mol. The SMILES string of the molecule is COCCC(N)C(=O)Nc1ccccc1CO. The van der Waals surface area contributed by atoms with Gasteiger partial charge in [0.05, 0.1) is 12.6 Å². The van der Waals surface area contributed by atoms with E-state index < -0.39 is 6.04 Å². The standard InChI is InChI=1S/C12H18N2O3/c1-17-7-6-10(13)12(16)14-11-5-3-2-4-9(11)8-15/h2-5,10,15H,6-8,13H2,1H3,(H,14,16). The second-order valence-corrected chi connectivity index (χ2v) is 3.69. The van der Waals surface area contributed by atoms with Gasteiger partial charge in [-0.15, -0.1) is 0 Å². The number of anilines is 1. The van der Waals surface area contributed by atoms with E-state index in [0.717, 1.165) is 0 Å². The number of methoxy groups -OCH3 is 1. The molecule has 94 valence electrons. The molecule has 5 heteroatoms. The van der Waals surface area contributed by atoms with Gasteiger partial charge in [-0.3, -0.25) is 4.79 Å². The zero-order valence-electron chi connectivity index (χ0n) is 9.85. The van der Waals surface area contributed by atoms with Gasteiger partial charge in [-0.25, -0.2) is 0 Å². The molecule has 17 heavy (non-hydrogen) atoms. The molecule has 1 atom stereocenters. The topological polar surface area (TPSA) is 84.6 Å². The summed E-state index contributed by atoms with van der Waals surface area (Å²) in [6, 6.07) is 6.45. The van der Waals surface area contributed by atoms with E-state index in [1.165, 1.54) is 0 Å². The third-order valence-corrected chi connectivity index (χ3v) is 2.42. The van der Waals surface area contributed by atoms with E-state index in [9.17, 15) is 4.79 Å². The predicted octanol–water partition coefficient (Wildman–Crippen LogP) is 0.481. The van der Waals surface area contributed by atoms with Crippen molar-refractivity contribution in [3.63, 3.8) is 0 Å². The number of aliphatic hydroxyl groups excluding tert-OH is 1. The fourth-order valence-corrected chi connectivity index (χ4v) is 1.38. The van der Waals surface area contributed by atoms with Gasteiger partial charge in [-0.2, -0.15) is 0 Å². The van der Waals surface area contributed by atoms with Gasteiger partial charge in [-0.05, 0) is 12.5 Å². The van der Waals surface area contributed by atoms with Crippen LogP contribution in [0.2, 0.25) is 0 Å². The maximum absolute atomic E-state index is 11.7. The third-order valence-electron chi connectivity index (χ3n) is 2.42. The predicted molar refractivity (Wildman–Crippen MR) is 65.5 cm³/mol. The Morgan fingerprint density at radius 3 is 2.88 bits per heavy atom. The van der Waals surface area contributed by atoms with Crippen LogP contribution in [0.5, 0.6) is 0 Å². The number of hydrogen-bond acceptors (Lipinski definition) is 4. The van der Waals surface area contributed by atoms with Gasteiger partial charge in [0, 0.05) is 25.0 Å². The molecule has 0 bridgehead atoms. The van der Waals surface area contributed by atoms with E-state index in [2.05, 4.69) is 5.32 Å². The molecule has 0 aromatic heterocycles. The molecule has 0 saturated carbocycles. The van der Waals surface area contributed by atoms with E-state index in [-0.39, 0.29) is 12.5 Å². The number of amides is 1. The largest absolute Gasteiger partial charge is 0.392 e. The van der Waals surface area contributed by atoms with Crippen molar-refractivity contribution in [3.8, 4) is 0 Å². The van der Waals surface area contributed by atoms with Crippen LogP contribution in [-0.2, 0) is 16.1 Å².